The molecule has 1 saturated heterocycles. The number of methoxy groups -OCH3 is 1. The Morgan fingerprint density at radius 2 is 1.95 bits per heavy atom. The van der Waals surface area contributed by atoms with Crippen LogP contribution in [0.4, 0.5) is 0 Å². The fraction of sp³-hybridized carbons (Fsp3) is 0.516. The Bertz CT molecular complexity index is 1310. The second kappa shape index (κ2) is 10.1. The fourth-order valence-corrected chi connectivity index (χ4v) is 6.59. The number of rotatable bonds is 8. The van der Waals surface area contributed by atoms with E-state index < -0.39 is 5.97 Å². The normalized spacial score (nSPS) is 22.2. The number of aromatic carboxylic acids is 1. The monoisotopic (exact) mass is 502 g/mol. The molecule has 1 saturated carbocycles. The van der Waals surface area contributed by atoms with E-state index in [0.29, 0.717) is 5.56 Å². The number of carboxylic acids is 1. The number of piperidine rings is 1. The number of aromatic nitrogens is 1. The molecule has 6 nitrogen and oxygen atoms in total. The van der Waals surface area contributed by atoms with E-state index in [4.69, 9.17) is 9.47 Å². The van der Waals surface area contributed by atoms with Gasteiger partial charge in [-0.05, 0) is 105 Å². The van der Waals surface area contributed by atoms with E-state index in [1.165, 1.54) is 40.5 Å². The minimum atomic E-state index is -0.810. The first-order chi connectivity index (χ1) is 18.0. The van der Waals surface area contributed by atoms with Crippen LogP contribution < -0.4 is 4.74 Å². The molecule has 2 aromatic carbocycles. The molecule has 1 aliphatic heterocycles. The third kappa shape index (κ3) is 4.77. The molecule has 0 unspecified atom stereocenters. The molecule has 37 heavy (non-hydrogen) atoms. The number of carbonyl (C=O) groups is 1. The largest absolute Gasteiger partial charge is 0.496 e. The van der Waals surface area contributed by atoms with Gasteiger partial charge in [-0.15, -0.1) is 0 Å². The molecule has 2 N–H and O–H groups in total. The highest BCUT2D eigenvalue weighted by molar-refractivity contribution is 5.90. The molecule has 0 spiro atoms. The van der Waals surface area contributed by atoms with Gasteiger partial charge in [-0.2, -0.15) is 0 Å². The van der Waals surface area contributed by atoms with Crippen LogP contribution >= 0.6 is 0 Å². The highest BCUT2D eigenvalue weighted by atomic mass is 16.5. The second-order valence-electron chi connectivity index (χ2n) is 11.2. The molecular weight excluding hydrogens is 464 g/mol. The van der Waals surface area contributed by atoms with Crippen LogP contribution in [0.3, 0.4) is 0 Å². The summed E-state index contributed by atoms with van der Waals surface area (Å²) in [5.41, 5.74) is 7.67. The van der Waals surface area contributed by atoms with Crippen LogP contribution in [0.1, 0.15) is 82.7 Å². The number of nitrogens with one attached hydrogen (secondary N) is 1. The Kier molecular flexibility index (Phi) is 6.72. The number of aryl methyl sites for hydroxylation is 1. The molecule has 2 aliphatic carbocycles. The van der Waals surface area contributed by atoms with Crippen molar-refractivity contribution in [2.45, 2.75) is 77.0 Å². The van der Waals surface area contributed by atoms with Crippen LogP contribution in [0.15, 0.2) is 30.5 Å². The van der Waals surface area contributed by atoms with Crippen LogP contribution in [0.25, 0.3) is 10.9 Å². The van der Waals surface area contributed by atoms with E-state index in [1.807, 2.05) is 12.3 Å². The van der Waals surface area contributed by atoms with Gasteiger partial charge in [-0.3, -0.25) is 4.90 Å². The summed E-state index contributed by atoms with van der Waals surface area (Å²) in [6.07, 6.45) is 10.8. The zero-order valence-corrected chi connectivity index (χ0v) is 22.0. The predicted octanol–water partition coefficient (Wildman–Crippen LogP) is 6.19. The minimum Gasteiger partial charge on any atom is -0.496 e. The highest BCUT2D eigenvalue weighted by Gasteiger charge is 2.35. The number of nitrogens with zero attached hydrogens (tertiary/aromatic N) is 1. The number of aromatic amines is 1. The number of hydrogen-bond donors (Lipinski definition) is 2. The number of benzene rings is 2. The first-order valence-electron chi connectivity index (χ1n) is 13.9. The molecule has 3 aromatic rings. The number of H-pyrrole nitrogens is 1. The number of hydrogen-bond acceptors (Lipinski definition) is 4. The second-order valence-corrected chi connectivity index (χ2v) is 11.2. The molecule has 1 aromatic heterocycles. The van der Waals surface area contributed by atoms with E-state index in [0.717, 1.165) is 81.0 Å². The molecule has 0 bridgehead atoms. The van der Waals surface area contributed by atoms with Crippen LogP contribution in [0, 0.1) is 12.8 Å². The van der Waals surface area contributed by atoms with Crippen molar-refractivity contribution in [3.63, 3.8) is 0 Å². The van der Waals surface area contributed by atoms with Crippen molar-refractivity contribution in [3.05, 3.63) is 63.8 Å². The van der Waals surface area contributed by atoms with Gasteiger partial charge in [0.1, 0.15) is 5.75 Å². The third-order valence-corrected chi connectivity index (χ3v) is 8.78. The summed E-state index contributed by atoms with van der Waals surface area (Å²) < 4.78 is 12.3. The fourth-order valence-electron chi connectivity index (χ4n) is 6.59. The maximum absolute atomic E-state index is 12.0. The van der Waals surface area contributed by atoms with Gasteiger partial charge in [0.25, 0.3) is 0 Å². The Morgan fingerprint density at radius 3 is 2.70 bits per heavy atom. The number of likely N-dealkylation sites (tertiary alicyclic amines) is 1. The maximum atomic E-state index is 12.0. The molecule has 0 amide bonds. The molecule has 2 atom stereocenters. The van der Waals surface area contributed by atoms with E-state index >= 15 is 0 Å². The molecule has 196 valence electrons. The van der Waals surface area contributed by atoms with Crippen molar-refractivity contribution in [2.24, 2.45) is 5.92 Å². The first kappa shape index (κ1) is 24.5. The van der Waals surface area contributed by atoms with Crippen molar-refractivity contribution < 1.29 is 19.4 Å². The molecule has 2 fully saturated rings. The van der Waals surface area contributed by atoms with Crippen LogP contribution in [-0.4, -0.2) is 47.3 Å². The zero-order chi connectivity index (χ0) is 25.5. The van der Waals surface area contributed by atoms with E-state index in [-0.39, 0.29) is 12.1 Å². The average molecular weight is 503 g/mol. The summed E-state index contributed by atoms with van der Waals surface area (Å²) in [4.78, 5) is 18.0. The summed E-state index contributed by atoms with van der Waals surface area (Å²) in [5, 5.41) is 11.1. The number of ether oxygens (including phenoxy) is 2. The van der Waals surface area contributed by atoms with Crippen LogP contribution in [0.2, 0.25) is 0 Å². The number of fused-ring (bicyclic) bond motifs is 2. The van der Waals surface area contributed by atoms with Gasteiger partial charge in [0.15, 0.2) is 0 Å². The summed E-state index contributed by atoms with van der Waals surface area (Å²) in [7, 11) is 1.76. The molecule has 6 rings (SSSR count). The van der Waals surface area contributed by atoms with Crippen molar-refractivity contribution in [1.29, 1.82) is 0 Å². The lowest BCUT2D eigenvalue weighted by atomic mass is 9.80. The Morgan fingerprint density at radius 1 is 1.14 bits per heavy atom. The minimum absolute atomic E-state index is 0.188. The van der Waals surface area contributed by atoms with Crippen molar-refractivity contribution >= 4 is 16.9 Å². The average Bonchev–Trinajstić information content (AvgIpc) is 3.61. The summed E-state index contributed by atoms with van der Waals surface area (Å²) >= 11 is 0. The zero-order valence-electron chi connectivity index (χ0n) is 22.0. The SMILES string of the molecule is COc1cc(C)c2[nH]ccc2c1CN1CC[C@H](OCC2CC2)C[C@H]1c1ccc(C(=O)O)c2c1CCCC2. The summed E-state index contributed by atoms with van der Waals surface area (Å²) in [6.45, 7) is 4.72. The Labute approximate surface area is 219 Å². The van der Waals surface area contributed by atoms with Crippen LogP contribution in [0.5, 0.6) is 5.75 Å². The van der Waals surface area contributed by atoms with Gasteiger partial charge in [0, 0.05) is 48.4 Å². The quantitative estimate of drug-likeness (QED) is 0.384. The van der Waals surface area contributed by atoms with Crippen molar-refractivity contribution in [1.82, 2.24) is 9.88 Å². The molecule has 3 aliphatic rings. The maximum Gasteiger partial charge on any atom is 0.335 e. The number of carboxylic acid groups (broad SMARTS) is 1. The predicted molar refractivity (Wildman–Crippen MR) is 144 cm³/mol. The van der Waals surface area contributed by atoms with Crippen LogP contribution in [-0.2, 0) is 24.1 Å². The topological polar surface area (TPSA) is 74.8 Å². The molecule has 0 radical (unpaired) electrons. The van der Waals surface area contributed by atoms with Gasteiger partial charge in [-0.1, -0.05) is 6.07 Å². The molecule has 2 heterocycles. The third-order valence-electron chi connectivity index (χ3n) is 8.78. The lowest BCUT2D eigenvalue weighted by Gasteiger charge is -2.41. The van der Waals surface area contributed by atoms with Gasteiger partial charge in [-0.25, -0.2) is 4.79 Å². The smallest absolute Gasteiger partial charge is 0.335 e. The molecular formula is C31H38N2O4. The highest BCUT2D eigenvalue weighted by Crippen LogP contribution is 2.42. The van der Waals surface area contributed by atoms with Gasteiger partial charge < -0.3 is 19.6 Å². The van der Waals surface area contributed by atoms with Gasteiger partial charge in [0.2, 0.25) is 0 Å². The molecule has 6 heteroatoms. The van der Waals surface area contributed by atoms with Crippen molar-refractivity contribution in [3.8, 4) is 5.75 Å². The van der Waals surface area contributed by atoms with Crippen molar-refractivity contribution in [2.75, 3.05) is 20.3 Å². The van der Waals surface area contributed by atoms with E-state index in [9.17, 15) is 9.90 Å². The first-order valence-corrected chi connectivity index (χ1v) is 13.9. The lowest BCUT2D eigenvalue weighted by molar-refractivity contribution is -0.0231. The Hall–Kier alpha value is -2.83. The summed E-state index contributed by atoms with van der Waals surface area (Å²) in [6, 6.07) is 8.44. The standard InChI is InChI=1S/C31H38N2O4/c1-19-15-29(36-2)27(25-11-13-32-30(19)25)17-33-14-12-21(37-18-20-7-8-20)16-28(33)24-9-10-26(31(34)35)23-6-4-3-5-22(23)24/h9-11,13,15,20-21,28,32H,3-8,12,14,16-18H2,1-2H3,(H,34,35)/t21-,28-/m0/s1. The Balaban J connectivity index is 1.38. The summed E-state index contributed by atoms with van der Waals surface area (Å²) in [5.74, 6) is 0.867. The van der Waals surface area contributed by atoms with Gasteiger partial charge in [0.05, 0.1) is 18.8 Å². The lowest BCUT2D eigenvalue weighted by Crippen LogP contribution is -2.40. The van der Waals surface area contributed by atoms with E-state index in [1.54, 1.807) is 7.11 Å². The van der Waals surface area contributed by atoms with E-state index in [2.05, 4.69) is 35.0 Å². The van der Waals surface area contributed by atoms with Gasteiger partial charge >= 0.3 is 5.97 Å².